The molecule has 0 saturated carbocycles. The Kier molecular flexibility index (Phi) is 5.37. The third-order valence-electron chi connectivity index (χ3n) is 3.65. The minimum Gasteiger partial charge on any atom is -0.393 e. The van der Waals surface area contributed by atoms with Crippen LogP contribution in [0.15, 0.2) is 0 Å². The van der Waals surface area contributed by atoms with Gasteiger partial charge < -0.3 is 10.6 Å². The Morgan fingerprint density at radius 3 is 2.65 bits per heavy atom. The van der Waals surface area contributed by atoms with Gasteiger partial charge in [-0.15, -0.1) is 0 Å². The lowest BCUT2D eigenvalue weighted by atomic mass is 9.91. The minimum absolute atomic E-state index is 0.130. The Morgan fingerprint density at radius 1 is 1.53 bits per heavy atom. The molecule has 2 unspecified atom stereocenters. The molecule has 1 aliphatic heterocycles. The maximum Gasteiger partial charge on any atom is 0.232 e. The first-order valence-corrected chi connectivity index (χ1v) is 6.96. The molecule has 2 N–H and O–H groups in total. The second-order valence-corrected chi connectivity index (χ2v) is 5.80. The molecule has 1 fully saturated rings. The number of nitrogens with two attached hydrogens (primary N) is 1. The lowest BCUT2D eigenvalue weighted by molar-refractivity contribution is -0.136. The fourth-order valence-corrected chi connectivity index (χ4v) is 2.90. The quantitative estimate of drug-likeness (QED) is 0.784. The van der Waals surface area contributed by atoms with Crippen LogP contribution in [-0.2, 0) is 4.79 Å². The first-order valence-electron chi connectivity index (χ1n) is 6.55. The lowest BCUT2D eigenvalue weighted by Crippen LogP contribution is -2.47. The Morgan fingerprint density at radius 2 is 2.18 bits per heavy atom. The second kappa shape index (κ2) is 6.34. The van der Waals surface area contributed by atoms with Crippen LogP contribution in [0.3, 0.4) is 0 Å². The molecule has 0 bridgehead atoms. The molecule has 0 aromatic rings. The minimum atomic E-state index is -0.291. The predicted molar refractivity (Wildman–Crippen MR) is 74.7 cm³/mol. The number of hydrogen-bond donors (Lipinski definition) is 1. The number of thiocarbonyl (C=S) groups is 1. The molecule has 3 nitrogen and oxygen atoms in total. The van der Waals surface area contributed by atoms with Crippen molar-refractivity contribution in [1.29, 1.82) is 0 Å². The van der Waals surface area contributed by atoms with Crippen molar-refractivity contribution in [3.05, 3.63) is 0 Å². The SMILES string of the molecule is CCC1CCCN(C(=O)C(C(N)=S)C(C)C)C1. The molecule has 98 valence electrons. The van der Waals surface area contributed by atoms with Crippen LogP contribution in [0.25, 0.3) is 0 Å². The van der Waals surface area contributed by atoms with Crippen LogP contribution in [0.1, 0.15) is 40.0 Å². The molecular weight excluding hydrogens is 232 g/mol. The summed E-state index contributed by atoms with van der Waals surface area (Å²) in [5.74, 6) is 0.667. The number of carbonyl (C=O) groups is 1. The lowest BCUT2D eigenvalue weighted by Gasteiger charge is -2.35. The molecule has 2 atom stereocenters. The molecule has 1 saturated heterocycles. The first kappa shape index (κ1) is 14.4. The molecule has 0 spiro atoms. The van der Waals surface area contributed by atoms with Gasteiger partial charge in [-0.05, 0) is 24.7 Å². The maximum absolute atomic E-state index is 12.4. The molecule has 1 rings (SSSR count). The van der Waals surface area contributed by atoms with Crippen molar-refractivity contribution in [2.24, 2.45) is 23.5 Å². The third kappa shape index (κ3) is 3.66. The zero-order valence-corrected chi connectivity index (χ0v) is 11.9. The summed E-state index contributed by atoms with van der Waals surface area (Å²) in [5, 5.41) is 0. The molecule has 1 amide bonds. The van der Waals surface area contributed by atoms with Gasteiger partial charge in [0, 0.05) is 13.1 Å². The van der Waals surface area contributed by atoms with Crippen LogP contribution >= 0.6 is 12.2 Å². The Balaban J connectivity index is 2.70. The van der Waals surface area contributed by atoms with E-state index in [9.17, 15) is 4.79 Å². The molecule has 1 heterocycles. The van der Waals surface area contributed by atoms with Crippen molar-refractivity contribution in [1.82, 2.24) is 4.90 Å². The molecule has 0 aromatic heterocycles. The van der Waals surface area contributed by atoms with Crippen LogP contribution in [0.5, 0.6) is 0 Å². The largest absolute Gasteiger partial charge is 0.393 e. The zero-order valence-electron chi connectivity index (χ0n) is 11.1. The topological polar surface area (TPSA) is 46.3 Å². The van der Waals surface area contributed by atoms with Gasteiger partial charge in [0.2, 0.25) is 5.91 Å². The highest BCUT2D eigenvalue weighted by Crippen LogP contribution is 2.23. The molecule has 1 aliphatic rings. The molecule has 0 aliphatic carbocycles. The van der Waals surface area contributed by atoms with Crippen molar-refractivity contribution in [2.45, 2.75) is 40.0 Å². The van der Waals surface area contributed by atoms with E-state index < -0.39 is 0 Å². The van der Waals surface area contributed by atoms with E-state index in [4.69, 9.17) is 18.0 Å². The molecule has 4 heteroatoms. The number of nitrogens with zero attached hydrogens (tertiary/aromatic N) is 1. The van der Waals surface area contributed by atoms with Gasteiger partial charge in [0.25, 0.3) is 0 Å². The van der Waals surface area contributed by atoms with Crippen molar-refractivity contribution >= 4 is 23.1 Å². The number of likely N-dealkylation sites (tertiary alicyclic amines) is 1. The standard InChI is InChI=1S/C13H24N2OS/c1-4-10-6-5-7-15(8-10)13(16)11(9(2)3)12(14)17/h9-11H,4-8H2,1-3H3,(H2,14,17). The molecule has 0 aromatic carbocycles. The van der Waals surface area contributed by atoms with E-state index in [1.54, 1.807) is 0 Å². The Hall–Kier alpha value is -0.640. The van der Waals surface area contributed by atoms with E-state index >= 15 is 0 Å². The summed E-state index contributed by atoms with van der Waals surface area (Å²) in [6.45, 7) is 7.93. The average molecular weight is 256 g/mol. The molecule has 0 radical (unpaired) electrons. The van der Waals surface area contributed by atoms with E-state index in [2.05, 4.69) is 6.92 Å². The Labute approximate surface area is 110 Å². The summed E-state index contributed by atoms with van der Waals surface area (Å²) in [4.78, 5) is 14.7. The fraction of sp³-hybridized carbons (Fsp3) is 0.846. The molecule has 17 heavy (non-hydrogen) atoms. The zero-order chi connectivity index (χ0) is 13.0. The van der Waals surface area contributed by atoms with E-state index in [1.165, 1.54) is 6.42 Å². The van der Waals surface area contributed by atoms with Gasteiger partial charge in [0.15, 0.2) is 0 Å². The first-order chi connectivity index (χ1) is 7.97. The van der Waals surface area contributed by atoms with Gasteiger partial charge in [-0.3, -0.25) is 4.79 Å². The third-order valence-corrected chi connectivity index (χ3v) is 3.90. The van der Waals surface area contributed by atoms with Gasteiger partial charge in [0.05, 0.1) is 10.9 Å². The summed E-state index contributed by atoms with van der Waals surface area (Å²) < 4.78 is 0. The van der Waals surface area contributed by atoms with Crippen LogP contribution in [0, 0.1) is 17.8 Å². The van der Waals surface area contributed by atoms with E-state index in [0.717, 1.165) is 25.9 Å². The summed E-state index contributed by atoms with van der Waals surface area (Å²) in [7, 11) is 0. The highest BCUT2D eigenvalue weighted by molar-refractivity contribution is 7.80. The summed E-state index contributed by atoms with van der Waals surface area (Å²) in [6, 6.07) is 0. The van der Waals surface area contributed by atoms with E-state index in [0.29, 0.717) is 10.9 Å². The van der Waals surface area contributed by atoms with Crippen LogP contribution in [-0.4, -0.2) is 28.9 Å². The summed E-state index contributed by atoms with van der Waals surface area (Å²) >= 11 is 5.03. The summed E-state index contributed by atoms with van der Waals surface area (Å²) in [5.41, 5.74) is 5.70. The number of carbonyl (C=O) groups excluding carboxylic acids is 1. The van der Waals surface area contributed by atoms with Gasteiger partial charge >= 0.3 is 0 Å². The monoisotopic (exact) mass is 256 g/mol. The van der Waals surface area contributed by atoms with E-state index in [-0.39, 0.29) is 17.7 Å². The smallest absolute Gasteiger partial charge is 0.232 e. The number of piperidine rings is 1. The predicted octanol–water partition coefficient (Wildman–Crippen LogP) is 2.19. The van der Waals surface area contributed by atoms with Gasteiger partial charge in [-0.2, -0.15) is 0 Å². The van der Waals surface area contributed by atoms with E-state index in [1.807, 2.05) is 18.7 Å². The average Bonchev–Trinajstić information content (AvgIpc) is 2.28. The van der Waals surface area contributed by atoms with Crippen LogP contribution < -0.4 is 5.73 Å². The van der Waals surface area contributed by atoms with Crippen molar-refractivity contribution < 1.29 is 4.79 Å². The second-order valence-electron chi connectivity index (χ2n) is 5.32. The van der Waals surface area contributed by atoms with Gasteiger partial charge in [0.1, 0.15) is 0 Å². The maximum atomic E-state index is 12.4. The number of hydrogen-bond acceptors (Lipinski definition) is 2. The molecular formula is C13H24N2OS. The highest BCUT2D eigenvalue weighted by atomic mass is 32.1. The van der Waals surface area contributed by atoms with Gasteiger partial charge in [-0.1, -0.05) is 39.4 Å². The number of rotatable bonds is 4. The van der Waals surface area contributed by atoms with Crippen molar-refractivity contribution in [3.8, 4) is 0 Å². The Bertz CT molecular complexity index is 291. The number of amides is 1. The van der Waals surface area contributed by atoms with Gasteiger partial charge in [-0.25, -0.2) is 0 Å². The highest BCUT2D eigenvalue weighted by Gasteiger charge is 2.31. The van der Waals surface area contributed by atoms with Crippen molar-refractivity contribution in [3.63, 3.8) is 0 Å². The van der Waals surface area contributed by atoms with Crippen LogP contribution in [0.4, 0.5) is 0 Å². The normalized spacial score (nSPS) is 22.6. The van der Waals surface area contributed by atoms with Crippen molar-refractivity contribution in [2.75, 3.05) is 13.1 Å². The van der Waals surface area contributed by atoms with Crippen LogP contribution in [0.2, 0.25) is 0 Å². The fourth-order valence-electron chi connectivity index (χ4n) is 2.53. The summed E-state index contributed by atoms with van der Waals surface area (Å²) in [6.07, 6.45) is 3.48.